The second kappa shape index (κ2) is 16.9. The van der Waals surface area contributed by atoms with Crippen LogP contribution in [0, 0.1) is 5.92 Å². The zero-order valence-corrected chi connectivity index (χ0v) is 27.5. The number of aromatic nitrogens is 2. The minimum absolute atomic E-state index is 0.222. The van der Waals surface area contributed by atoms with Crippen molar-refractivity contribution >= 4 is 11.8 Å². The van der Waals surface area contributed by atoms with E-state index in [1.54, 1.807) is 6.08 Å². The van der Waals surface area contributed by atoms with Crippen molar-refractivity contribution in [2.24, 2.45) is 5.92 Å². The highest BCUT2D eigenvalue weighted by molar-refractivity contribution is 5.87. The molecule has 0 spiro atoms. The van der Waals surface area contributed by atoms with E-state index in [0.29, 0.717) is 6.42 Å². The van der Waals surface area contributed by atoms with Crippen molar-refractivity contribution in [3.8, 4) is 0 Å². The number of aliphatic hydroxyl groups is 8. The Morgan fingerprint density at radius 1 is 0.920 bits per heavy atom. The lowest BCUT2D eigenvalue weighted by atomic mass is 9.91. The molecule has 15 atom stereocenters. The molecule has 0 unspecified atom stereocenters. The van der Waals surface area contributed by atoms with Crippen LogP contribution in [0.2, 0.25) is 0 Å². The zero-order chi connectivity index (χ0) is 37.0. The van der Waals surface area contributed by atoms with Gasteiger partial charge in [0.05, 0.1) is 18.8 Å². The average molecular weight is 719 g/mol. The summed E-state index contributed by atoms with van der Waals surface area (Å²) in [5.41, 5.74) is -1.69. The number of hydrogen-bond acceptors (Lipinski definition) is 16. The summed E-state index contributed by atoms with van der Waals surface area (Å²) in [5.74, 6) is -1.16. The van der Waals surface area contributed by atoms with Crippen molar-refractivity contribution in [2.45, 2.75) is 126 Å². The van der Waals surface area contributed by atoms with Crippen LogP contribution in [0.15, 0.2) is 34.0 Å². The molecule has 2 amide bonds. The zero-order valence-electron chi connectivity index (χ0n) is 27.5. The van der Waals surface area contributed by atoms with E-state index in [2.05, 4.69) is 10.6 Å². The van der Waals surface area contributed by atoms with Gasteiger partial charge in [0.15, 0.2) is 18.8 Å². The Bertz CT molecular complexity index is 1450. The molecule has 1 aromatic rings. The summed E-state index contributed by atoms with van der Waals surface area (Å²) in [6, 6.07) is -2.02. The molecule has 3 aliphatic rings. The number of H-pyrrole nitrogens is 1. The fraction of sp³-hybridized carbons (Fsp3) is 0.733. The predicted octanol–water partition coefficient (Wildman–Crippen LogP) is -5.60. The minimum atomic E-state index is -1.85. The summed E-state index contributed by atoms with van der Waals surface area (Å²) in [7, 11) is 0. The van der Waals surface area contributed by atoms with E-state index in [1.807, 2.05) is 18.8 Å². The van der Waals surface area contributed by atoms with Gasteiger partial charge in [-0.2, -0.15) is 0 Å². The monoisotopic (exact) mass is 718 g/mol. The number of amides is 2. The predicted molar refractivity (Wildman–Crippen MR) is 166 cm³/mol. The van der Waals surface area contributed by atoms with Crippen LogP contribution in [0.1, 0.15) is 39.8 Å². The molecule has 4 rings (SSSR count). The van der Waals surface area contributed by atoms with Crippen LogP contribution in [0.3, 0.4) is 0 Å². The first-order chi connectivity index (χ1) is 23.5. The molecule has 0 bridgehead atoms. The molecule has 3 aliphatic heterocycles. The van der Waals surface area contributed by atoms with Crippen LogP contribution in [0.5, 0.6) is 0 Å². The number of hydrogen-bond donors (Lipinski definition) is 11. The Balaban J connectivity index is 1.58. The van der Waals surface area contributed by atoms with E-state index >= 15 is 0 Å². The van der Waals surface area contributed by atoms with Crippen molar-refractivity contribution in [2.75, 3.05) is 6.61 Å². The third-order valence-electron chi connectivity index (χ3n) is 8.66. The van der Waals surface area contributed by atoms with E-state index in [9.17, 15) is 60.0 Å². The third kappa shape index (κ3) is 9.02. The minimum Gasteiger partial charge on any atom is -0.394 e. The molecule has 20 heteroatoms. The number of aromatic amines is 1. The maximum absolute atomic E-state index is 12.8. The lowest BCUT2D eigenvalue weighted by Gasteiger charge is -2.47. The molecule has 0 aromatic carbocycles. The number of nitrogens with one attached hydrogen (secondary N) is 3. The highest BCUT2D eigenvalue weighted by Gasteiger charge is 2.53. The number of rotatable bonds is 12. The van der Waals surface area contributed by atoms with Crippen LogP contribution in [0.25, 0.3) is 0 Å². The van der Waals surface area contributed by atoms with Crippen LogP contribution in [0.4, 0.5) is 0 Å². The second-order valence-corrected chi connectivity index (χ2v) is 13.0. The number of allylic oxidation sites excluding steroid dienone is 1. The molecule has 1 aromatic heterocycles. The van der Waals surface area contributed by atoms with Crippen LogP contribution in [-0.2, 0) is 28.5 Å². The highest BCUT2D eigenvalue weighted by Crippen LogP contribution is 2.34. The second-order valence-electron chi connectivity index (χ2n) is 13.0. The quantitative estimate of drug-likeness (QED) is 0.0898. The number of carbonyl (C=O) groups is 2. The molecular weight excluding hydrogens is 672 g/mol. The van der Waals surface area contributed by atoms with E-state index in [4.69, 9.17) is 18.9 Å². The van der Waals surface area contributed by atoms with Gasteiger partial charge in [0, 0.05) is 25.6 Å². The molecule has 11 N–H and O–H groups in total. The Labute approximate surface area is 284 Å². The van der Waals surface area contributed by atoms with Gasteiger partial charge in [0.2, 0.25) is 11.8 Å². The van der Waals surface area contributed by atoms with Gasteiger partial charge in [0.1, 0.15) is 60.9 Å². The van der Waals surface area contributed by atoms with E-state index in [-0.39, 0.29) is 5.92 Å². The van der Waals surface area contributed by atoms with Crippen molar-refractivity contribution < 1.29 is 69.4 Å². The van der Waals surface area contributed by atoms with E-state index < -0.39 is 128 Å². The Hall–Kier alpha value is -3.12. The number of aliphatic hydroxyl groups excluding tert-OH is 8. The van der Waals surface area contributed by atoms with Crippen molar-refractivity contribution in [3.63, 3.8) is 0 Å². The van der Waals surface area contributed by atoms with Gasteiger partial charge in [-0.15, -0.1) is 0 Å². The largest absolute Gasteiger partial charge is 0.394 e. The van der Waals surface area contributed by atoms with Crippen LogP contribution < -0.4 is 21.9 Å². The van der Waals surface area contributed by atoms with Crippen molar-refractivity contribution in [3.05, 3.63) is 45.3 Å². The van der Waals surface area contributed by atoms with Gasteiger partial charge in [-0.05, 0) is 18.4 Å². The first-order valence-electron chi connectivity index (χ1n) is 16.1. The summed E-state index contributed by atoms with van der Waals surface area (Å²) < 4.78 is 23.8. The molecule has 0 aliphatic carbocycles. The lowest BCUT2D eigenvalue weighted by molar-refractivity contribution is -0.346. The summed E-state index contributed by atoms with van der Waals surface area (Å²) >= 11 is 0. The van der Waals surface area contributed by atoms with Gasteiger partial charge in [-0.3, -0.25) is 23.9 Å². The standard InChI is InChI=1S/C30H46N4O16/c1-11(2)5-4-6-16(38)32-19-23(43)20(40)14(47-29(19)50-28-18(31-12(3)36)22(42)21(41)15(10-35)48-28)9-13(37)26-24(44)25(45)27(49-26)34-8-7-17(39)33-30(34)46/h4,6-8,11,13-15,18-29,35,37,40-45H,5,9-10H2,1-3H3,(H,31,36)(H,32,38)(H,33,39,46)/t13-,14-,15-,18-,19-,20+,21-,22-,23-,24+,25-,26-,27-,28-,29+/m1/s1. The highest BCUT2D eigenvalue weighted by atomic mass is 16.8. The normalized spacial score (nSPS) is 38.3. The summed E-state index contributed by atoms with van der Waals surface area (Å²) in [6.45, 7) is 4.19. The lowest BCUT2D eigenvalue weighted by Crippen LogP contribution is -2.68. The molecule has 3 fully saturated rings. The molecule has 3 saturated heterocycles. The molecule has 282 valence electrons. The Morgan fingerprint density at radius 3 is 2.10 bits per heavy atom. The van der Waals surface area contributed by atoms with Gasteiger partial charge in [-0.1, -0.05) is 19.9 Å². The fourth-order valence-electron chi connectivity index (χ4n) is 6.01. The van der Waals surface area contributed by atoms with Crippen LogP contribution in [-0.4, -0.2) is 155 Å². The molecule has 4 heterocycles. The molecular formula is C30H46N4O16. The molecule has 0 radical (unpaired) electrons. The van der Waals surface area contributed by atoms with E-state index in [1.165, 1.54) is 6.08 Å². The number of nitrogens with zero attached hydrogens (tertiary/aromatic N) is 1. The first kappa shape index (κ1) is 39.7. The maximum atomic E-state index is 12.8. The third-order valence-corrected chi connectivity index (χ3v) is 8.66. The Kier molecular flexibility index (Phi) is 13.4. The number of ether oxygens (including phenoxy) is 4. The smallest absolute Gasteiger partial charge is 0.330 e. The fourth-order valence-corrected chi connectivity index (χ4v) is 6.01. The summed E-state index contributed by atoms with van der Waals surface area (Å²) in [5, 5.41) is 90.4. The topological polar surface area (TPSA) is 312 Å². The van der Waals surface area contributed by atoms with Gasteiger partial charge in [-0.25, -0.2) is 4.79 Å². The van der Waals surface area contributed by atoms with Crippen molar-refractivity contribution in [1.82, 2.24) is 20.2 Å². The molecule has 50 heavy (non-hydrogen) atoms. The Morgan fingerprint density at radius 2 is 1.52 bits per heavy atom. The molecule has 20 nitrogen and oxygen atoms in total. The van der Waals surface area contributed by atoms with E-state index in [0.717, 1.165) is 23.8 Å². The number of carbonyl (C=O) groups excluding carboxylic acids is 2. The maximum Gasteiger partial charge on any atom is 0.330 e. The van der Waals surface area contributed by atoms with Gasteiger partial charge in [0.25, 0.3) is 5.56 Å². The summed E-state index contributed by atoms with van der Waals surface area (Å²) in [4.78, 5) is 50.5. The average Bonchev–Trinajstić information content (AvgIpc) is 3.34. The summed E-state index contributed by atoms with van der Waals surface area (Å²) in [6.07, 6.45) is -18.1. The van der Waals surface area contributed by atoms with Gasteiger partial charge < -0.3 is 70.4 Å². The van der Waals surface area contributed by atoms with Gasteiger partial charge >= 0.3 is 5.69 Å². The molecule has 0 saturated carbocycles. The van der Waals surface area contributed by atoms with Crippen LogP contribution >= 0.6 is 0 Å². The SMILES string of the molecule is CC(=O)N[C@H]1[C@@H](O[C@@H]2O[C@H](C[C@@H](O)[C@H]3O[C@@H](n4ccc(=O)[nH]c4=O)[C@H](O)[C@@H]3O)[C@H](O)[C@H](O)[C@H]2NC(=O)C=CCC(C)C)O[C@H](CO)[C@@H](O)[C@@H]1O. The first-order valence-corrected chi connectivity index (χ1v) is 16.1. The van der Waals surface area contributed by atoms with Crippen molar-refractivity contribution in [1.29, 1.82) is 0 Å².